The van der Waals surface area contributed by atoms with E-state index in [1.54, 1.807) is 11.3 Å². The summed E-state index contributed by atoms with van der Waals surface area (Å²) in [7, 11) is 0. The molecule has 0 aliphatic carbocycles. The number of aryl methyl sites for hydroxylation is 1. The standard InChI is InChI=1S/C9H6BrS/c1-6-5-7-8(10)3-2-4-9(7)11-6/h2-4H,1H3. The van der Waals surface area contributed by atoms with E-state index in [1.165, 1.54) is 15.0 Å². The molecule has 1 radical (unpaired) electrons. The van der Waals surface area contributed by atoms with Crippen molar-refractivity contribution in [1.82, 2.24) is 0 Å². The normalized spacial score (nSPS) is 10.7. The summed E-state index contributed by atoms with van der Waals surface area (Å²) < 4.78 is 2.44. The van der Waals surface area contributed by atoms with Gasteiger partial charge in [-0.3, -0.25) is 0 Å². The minimum Gasteiger partial charge on any atom is -0.140 e. The van der Waals surface area contributed by atoms with Crippen LogP contribution in [0.2, 0.25) is 0 Å². The highest BCUT2D eigenvalue weighted by Gasteiger charge is 2.00. The lowest BCUT2D eigenvalue weighted by atomic mass is 10.2. The number of hydrogen-bond acceptors (Lipinski definition) is 1. The molecule has 0 fully saturated rings. The van der Waals surface area contributed by atoms with Crippen LogP contribution in [-0.4, -0.2) is 0 Å². The molecule has 0 unspecified atom stereocenters. The molecule has 2 rings (SSSR count). The van der Waals surface area contributed by atoms with E-state index in [0.717, 1.165) is 4.47 Å². The molecular formula is C9H6BrS. The van der Waals surface area contributed by atoms with Crippen LogP contribution in [0.3, 0.4) is 0 Å². The van der Waals surface area contributed by atoms with Crippen molar-refractivity contribution in [3.8, 4) is 0 Å². The zero-order valence-corrected chi connectivity index (χ0v) is 8.42. The second-order valence-electron chi connectivity index (χ2n) is 2.40. The first kappa shape index (κ1) is 7.32. The smallest absolute Gasteiger partial charge is 0.0363 e. The van der Waals surface area contributed by atoms with Gasteiger partial charge in [-0.15, -0.1) is 11.3 Å². The summed E-state index contributed by atoms with van der Waals surface area (Å²) in [5.74, 6) is 0. The molecule has 1 aromatic carbocycles. The molecule has 0 nitrogen and oxygen atoms in total. The summed E-state index contributed by atoms with van der Waals surface area (Å²) in [6, 6.07) is 9.52. The summed E-state index contributed by atoms with van der Waals surface area (Å²) in [5, 5.41) is 1.20. The quantitative estimate of drug-likeness (QED) is 0.641. The van der Waals surface area contributed by atoms with Gasteiger partial charge in [0.2, 0.25) is 0 Å². The number of fused-ring (bicyclic) bond motifs is 1. The summed E-state index contributed by atoms with van der Waals surface area (Å²) in [6.45, 7) is 2.08. The Balaban J connectivity index is 2.90. The van der Waals surface area contributed by atoms with Gasteiger partial charge >= 0.3 is 0 Å². The van der Waals surface area contributed by atoms with Gasteiger partial charge in [0, 0.05) is 25.5 Å². The second-order valence-corrected chi connectivity index (χ2v) is 4.51. The molecule has 55 valence electrons. The monoisotopic (exact) mass is 225 g/mol. The first-order valence-electron chi connectivity index (χ1n) is 3.34. The lowest BCUT2D eigenvalue weighted by Gasteiger charge is -1.89. The fraction of sp³-hybridized carbons (Fsp3) is 0.111. The topological polar surface area (TPSA) is 0 Å². The predicted molar refractivity (Wildman–Crippen MR) is 53.1 cm³/mol. The van der Waals surface area contributed by atoms with Gasteiger partial charge in [-0.2, -0.15) is 0 Å². The van der Waals surface area contributed by atoms with E-state index in [0.29, 0.717) is 0 Å². The van der Waals surface area contributed by atoms with E-state index in [9.17, 15) is 0 Å². The first-order valence-corrected chi connectivity index (χ1v) is 4.95. The van der Waals surface area contributed by atoms with Gasteiger partial charge in [-0.25, -0.2) is 0 Å². The summed E-state index contributed by atoms with van der Waals surface area (Å²) in [6.07, 6.45) is 0. The molecule has 0 amide bonds. The van der Waals surface area contributed by atoms with Crippen molar-refractivity contribution in [2.75, 3.05) is 0 Å². The van der Waals surface area contributed by atoms with Crippen molar-refractivity contribution in [2.45, 2.75) is 6.92 Å². The van der Waals surface area contributed by atoms with Gasteiger partial charge in [-0.05, 0) is 19.1 Å². The molecule has 1 aromatic heterocycles. The van der Waals surface area contributed by atoms with Crippen LogP contribution in [0.1, 0.15) is 4.88 Å². The molecule has 2 heteroatoms. The Bertz CT molecular complexity index is 389. The number of rotatable bonds is 0. The fourth-order valence-corrected chi connectivity index (χ4v) is 2.57. The predicted octanol–water partition coefficient (Wildman–Crippen LogP) is 3.77. The van der Waals surface area contributed by atoms with Crippen molar-refractivity contribution in [3.63, 3.8) is 0 Å². The number of halogens is 1. The van der Waals surface area contributed by atoms with Crippen molar-refractivity contribution in [3.05, 3.63) is 33.6 Å². The molecule has 2 aromatic rings. The van der Waals surface area contributed by atoms with Crippen LogP contribution >= 0.6 is 27.3 Å². The average Bonchev–Trinajstić information content (AvgIpc) is 2.31. The van der Waals surface area contributed by atoms with Gasteiger partial charge in [0.1, 0.15) is 0 Å². The molecule has 1 heterocycles. The van der Waals surface area contributed by atoms with E-state index in [2.05, 4.69) is 41.1 Å². The minimum atomic E-state index is 1.14. The molecule has 0 aliphatic heterocycles. The highest BCUT2D eigenvalue weighted by molar-refractivity contribution is 9.10. The van der Waals surface area contributed by atoms with Gasteiger partial charge in [0.25, 0.3) is 0 Å². The SMILES string of the molecule is Cc1[c]c2c(Br)cccc2s1. The molecule has 0 bridgehead atoms. The number of hydrogen-bond donors (Lipinski definition) is 0. The van der Waals surface area contributed by atoms with Crippen LogP contribution in [0.5, 0.6) is 0 Å². The third-order valence-corrected chi connectivity index (χ3v) is 3.17. The Labute approximate surface area is 78.0 Å². The van der Waals surface area contributed by atoms with Crippen molar-refractivity contribution >= 4 is 37.4 Å². The van der Waals surface area contributed by atoms with E-state index in [-0.39, 0.29) is 0 Å². The highest BCUT2D eigenvalue weighted by Crippen LogP contribution is 2.29. The second kappa shape index (κ2) is 2.61. The largest absolute Gasteiger partial charge is 0.140 e. The molecule has 0 saturated carbocycles. The third kappa shape index (κ3) is 1.21. The Morgan fingerprint density at radius 2 is 2.27 bits per heavy atom. The van der Waals surface area contributed by atoms with Gasteiger partial charge in [-0.1, -0.05) is 22.0 Å². The van der Waals surface area contributed by atoms with Gasteiger partial charge < -0.3 is 0 Å². The lowest BCUT2D eigenvalue weighted by molar-refractivity contribution is 1.63. The first-order chi connectivity index (χ1) is 5.27. The summed E-state index contributed by atoms with van der Waals surface area (Å²) in [5.41, 5.74) is 0. The zero-order chi connectivity index (χ0) is 7.84. The molecule has 0 N–H and O–H groups in total. The lowest BCUT2D eigenvalue weighted by Crippen LogP contribution is -1.63. The van der Waals surface area contributed by atoms with Crippen LogP contribution < -0.4 is 0 Å². The molecule has 0 atom stereocenters. The van der Waals surface area contributed by atoms with Crippen LogP contribution in [0.4, 0.5) is 0 Å². The number of benzene rings is 1. The maximum Gasteiger partial charge on any atom is 0.0363 e. The van der Waals surface area contributed by atoms with Gasteiger partial charge in [0.05, 0.1) is 0 Å². The minimum absolute atomic E-state index is 1.14. The molecule has 0 saturated heterocycles. The van der Waals surface area contributed by atoms with Crippen molar-refractivity contribution in [1.29, 1.82) is 0 Å². The van der Waals surface area contributed by atoms with Crippen molar-refractivity contribution in [2.24, 2.45) is 0 Å². The van der Waals surface area contributed by atoms with Crippen molar-refractivity contribution < 1.29 is 0 Å². The Morgan fingerprint density at radius 3 is 3.00 bits per heavy atom. The zero-order valence-electron chi connectivity index (χ0n) is 6.02. The molecular weight excluding hydrogens is 220 g/mol. The number of thiophene rings is 1. The Kier molecular flexibility index (Phi) is 1.74. The van der Waals surface area contributed by atoms with Crippen LogP contribution in [0.15, 0.2) is 22.7 Å². The van der Waals surface area contributed by atoms with E-state index >= 15 is 0 Å². The molecule has 0 aliphatic rings. The molecule has 11 heavy (non-hydrogen) atoms. The van der Waals surface area contributed by atoms with E-state index in [1.807, 2.05) is 6.07 Å². The van der Waals surface area contributed by atoms with Crippen LogP contribution in [0, 0.1) is 13.0 Å². The molecule has 0 spiro atoms. The van der Waals surface area contributed by atoms with Crippen LogP contribution in [-0.2, 0) is 0 Å². The Hall–Kier alpha value is -0.340. The van der Waals surface area contributed by atoms with E-state index in [4.69, 9.17) is 0 Å². The Morgan fingerprint density at radius 1 is 1.45 bits per heavy atom. The maximum absolute atomic E-state index is 3.49. The third-order valence-electron chi connectivity index (χ3n) is 1.54. The summed E-state index contributed by atoms with van der Waals surface area (Å²) in [4.78, 5) is 1.24. The van der Waals surface area contributed by atoms with Crippen LogP contribution in [0.25, 0.3) is 10.1 Å². The fourth-order valence-electron chi connectivity index (χ4n) is 1.08. The van der Waals surface area contributed by atoms with Gasteiger partial charge in [0.15, 0.2) is 0 Å². The summed E-state index contributed by atoms with van der Waals surface area (Å²) >= 11 is 5.27. The highest BCUT2D eigenvalue weighted by atomic mass is 79.9. The average molecular weight is 226 g/mol. The van der Waals surface area contributed by atoms with E-state index < -0.39 is 0 Å². The maximum atomic E-state index is 3.49.